The summed E-state index contributed by atoms with van der Waals surface area (Å²) < 4.78 is 20.0. The van der Waals surface area contributed by atoms with Crippen LogP contribution >= 0.6 is 0 Å². The molecule has 0 fully saturated rings. The first-order valence-corrected chi connectivity index (χ1v) is 12.7. The molecule has 6 aromatic rings. The maximum absolute atomic E-state index is 14.0. The molecule has 0 spiro atoms. The molecule has 0 saturated heterocycles. The van der Waals surface area contributed by atoms with Gasteiger partial charge in [0.2, 0.25) is 0 Å². The normalized spacial score (nSPS) is 13.6. The first-order chi connectivity index (χ1) is 19.6. The quantitative estimate of drug-likeness (QED) is 0.231. The number of aromatic amines is 1. The Hall–Kier alpha value is -5.50. The Kier molecular flexibility index (Phi) is 5.52. The molecule has 1 atom stereocenters. The van der Waals surface area contributed by atoms with Crippen LogP contribution in [0.25, 0.3) is 33.5 Å². The van der Waals surface area contributed by atoms with Crippen LogP contribution in [0.4, 0.5) is 10.1 Å². The molecule has 0 radical (unpaired) electrons. The molecule has 0 aliphatic heterocycles. The van der Waals surface area contributed by atoms with Crippen molar-refractivity contribution in [1.82, 2.24) is 15.3 Å². The maximum atomic E-state index is 14.0. The highest BCUT2D eigenvalue weighted by Gasteiger charge is 2.33. The van der Waals surface area contributed by atoms with Crippen LogP contribution in [0.15, 0.2) is 108 Å². The molecule has 3 heterocycles. The van der Waals surface area contributed by atoms with Gasteiger partial charge in [-0.25, -0.2) is 9.37 Å². The number of furan rings is 1. The largest absolute Gasteiger partial charge is 0.451 e. The fourth-order valence-electron chi connectivity index (χ4n) is 5.33. The second kappa shape index (κ2) is 9.36. The van der Waals surface area contributed by atoms with Crippen molar-refractivity contribution >= 4 is 28.5 Å². The molecule has 0 saturated carbocycles. The lowest BCUT2D eigenvalue weighted by molar-refractivity contribution is 0.0944. The molecule has 40 heavy (non-hydrogen) atoms. The van der Waals surface area contributed by atoms with Crippen molar-refractivity contribution in [3.05, 3.63) is 132 Å². The Balaban J connectivity index is 1.24. The predicted molar refractivity (Wildman–Crippen MR) is 149 cm³/mol. The molecule has 8 heteroatoms. The SMILES string of the molecule is O=C(Nc1ccccc1F)c1ccc(-c2cccc3c2-c2ccccc2C3NC(=O)c2ccnc3[nH]ccc23)o1. The Morgan fingerprint density at radius 3 is 2.52 bits per heavy atom. The van der Waals surface area contributed by atoms with Gasteiger partial charge in [-0.05, 0) is 58.7 Å². The van der Waals surface area contributed by atoms with E-state index in [-0.39, 0.29) is 23.4 Å². The number of halogens is 1. The van der Waals surface area contributed by atoms with Gasteiger partial charge >= 0.3 is 0 Å². The topological polar surface area (TPSA) is 100 Å². The summed E-state index contributed by atoms with van der Waals surface area (Å²) in [7, 11) is 0. The summed E-state index contributed by atoms with van der Waals surface area (Å²) in [5, 5.41) is 6.51. The van der Waals surface area contributed by atoms with Crippen molar-refractivity contribution in [3.63, 3.8) is 0 Å². The number of aromatic nitrogens is 2. The monoisotopic (exact) mass is 528 g/mol. The van der Waals surface area contributed by atoms with Crippen molar-refractivity contribution < 1.29 is 18.4 Å². The van der Waals surface area contributed by atoms with Crippen LogP contribution in [0, 0.1) is 5.82 Å². The third-order valence-electron chi connectivity index (χ3n) is 7.15. The summed E-state index contributed by atoms with van der Waals surface area (Å²) in [6.07, 6.45) is 3.37. The number of rotatable bonds is 5. The molecule has 2 amide bonds. The lowest BCUT2D eigenvalue weighted by atomic mass is 9.97. The number of anilines is 1. The van der Waals surface area contributed by atoms with Crippen molar-refractivity contribution in [2.24, 2.45) is 0 Å². The smallest absolute Gasteiger partial charge is 0.291 e. The van der Waals surface area contributed by atoms with E-state index in [1.807, 2.05) is 48.5 Å². The number of amides is 2. The number of fused-ring (bicyclic) bond motifs is 4. The fraction of sp³-hybridized carbons (Fsp3) is 0.0312. The zero-order chi connectivity index (χ0) is 27.2. The van der Waals surface area contributed by atoms with E-state index in [1.54, 1.807) is 42.7 Å². The van der Waals surface area contributed by atoms with Crippen LogP contribution in [0.1, 0.15) is 38.1 Å². The van der Waals surface area contributed by atoms with E-state index in [9.17, 15) is 14.0 Å². The van der Waals surface area contributed by atoms with Crippen LogP contribution in [-0.2, 0) is 0 Å². The Labute approximate surface area is 227 Å². The van der Waals surface area contributed by atoms with Gasteiger partial charge in [0.25, 0.3) is 11.8 Å². The molecule has 7 rings (SSSR count). The van der Waals surface area contributed by atoms with Crippen molar-refractivity contribution in [2.45, 2.75) is 6.04 Å². The average Bonchev–Trinajstić information content (AvgIpc) is 3.73. The summed E-state index contributed by atoms with van der Waals surface area (Å²) in [5.41, 5.74) is 5.80. The molecule has 194 valence electrons. The van der Waals surface area contributed by atoms with Gasteiger partial charge in [0.1, 0.15) is 17.2 Å². The van der Waals surface area contributed by atoms with Gasteiger partial charge < -0.3 is 20.0 Å². The molecule has 0 bridgehead atoms. The fourth-order valence-corrected chi connectivity index (χ4v) is 5.33. The Morgan fingerprint density at radius 1 is 0.825 bits per heavy atom. The molecule has 3 aromatic carbocycles. The molecule has 1 aliphatic rings. The van der Waals surface area contributed by atoms with Gasteiger partial charge in [-0.2, -0.15) is 0 Å². The summed E-state index contributed by atoms with van der Waals surface area (Å²) in [4.78, 5) is 33.6. The Morgan fingerprint density at radius 2 is 1.62 bits per heavy atom. The molecular weight excluding hydrogens is 507 g/mol. The Bertz CT molecular complexity index is 1940. The zero-order valence-corrected chi connectivity index (χ0v) is 20.9. The number of carbonyl (C=O) groups excluding carboxylic acids is 2. The van der Waals surface area contributed by atoms with E-state index in [1.165, 1.54) is 12.1 Å². The number of hydrogen-bond acceptors (Lipinski definition) is 4. The van der Waals surface area contributed by atoms with E-state index in [2.05, 4.69) is 20.6 Å². The third kappa shape index (κ3) is 3.85. The number of carbonyl (C=O) groups is 2. The minimum absolute atomic E-state index is 0.0557. The second-order valence-corrected chi connectivity index (χ2v) is 9.46. The van der Waals surface area contributed by atoms with Gasteiger partial charge in [0, 0.05) is 23.3 Å². The number of para-hydroxylation sites is 1. The molecule has 1 aliphatic carbocycles. The van der Waals surface area contributed by atoms with E-state index in [0.717, 1.165) is 33.2 Å². The molecule has 3 N–H and O–H groups in total. The number of nitrogens with one attached hydrogen (secondary N) is 3. The number of hydrogen-bond donors (Lipinski definition) is 3. The first kappa shape index (κ1) is 23.6. The number of H-pyrrole nitrogens is 1. The van der Waals surface area contributed by atoms with Gasteiger partial charge in [0.15, 0.2) is 5.76 Å². The van der Waals surface area contributed by atoms with Crippen LogP contribution < -0.4 is 10.6 Å². The van der Waals surface area contributed by atoms with Crippen LogP contribution in [-0.4, -0.2) is 21.8 Å². The number of pyridine rings is 1. The maximum Gasteiger partial charge on any atom is 0.291 e. The lowest BCUT2D eigenvalue weighted by Gasteiger charge is -2.16. The average molecular weight is 529 g/mol. The molecule has 3 aromatic heterocycles. The number of benzene rings is 3. The van der Waals surface area contributed by atoms with Gasteiger partial charge in [0.05, 0.1) is 17.3 Å². The molecule has 7 nitrogen and oxygen atoms in total. The highest BCUT2D eigenvalue weighted by molar-refractivity contribution is 6.06. The van der Waals surface area contributed by atoms with Crippen LogP contribution in [0.5, 0.6) is 0 Å². The lowest BCUT2D eigenvalue weighted by Crippen LogP contribution is -2.28. The highest BCUT2D eigenvalue weighted by atomic mass is 19.1. The summed E-state index contributed by atoms with van der Waals surface area (Å²) >= 11 is 0. The van der Waals surface area contributed by atoms with Crippen molar-refractivity contribution in [2.75, 3.05) is 5.32 Å². The summed E-state index contributed by atoms with van der Waals surface area (Å²) in [6, 6.07) is 26.1. The second-order valence-electron chi connectivity index (χ2n) is 9.46. The van der Waals surface area contributed by atoms with Crippen LogP contribution in [0.2, 0.25) is 0 Å². The standard InChI is InChI=1S/C32H21FN4O3/c33-24-10-3-4-11-25(24)36-32(39)27-13-12-26(40-27)22-8-5-9-23-28(22)18-6-1-2-7-19(18)29(23)37-31(38)21-15-17-35-30-20(21)14-16-34-30/h1-17,29H,(H,34,35)(H,36,39)(H,37,38). The highest BCUT2D eigenvalue weighted by Crippen LogP contribution is 2.48. The van der Waals surface area contributed by atoms with Crippen molar-refractivity contribution in [3.8, 4) is 22.5 Å². The van der Waals surface area contributed by atoms with Gasteiger partial charge in [-0.15, -0.1) is 0 Å². The van der Waals surface area contributed by atoms with Gasteiger partial charge in [-0.1, -0.05) is 54.6 Å². The van der Waals surface area contributed by atoms with E-state index < -0.39 is 11.7 Å². The van der Waals surface area contributed by atoms with E-state index >= 15 is 0 Å². The first-order valence-electron chi connectivity index (χ1n) is 12.7. The van der Waals surface area contributed by atoms with Crippen LogP contribution in [0.3, 0.4) is 0 Å². The third-order valence-corrected chi connectivity index (χ3v) is 7.15. The summed E-state index contributed by atoms with van der Waals surface area (Å²) in [6.45, 7) is 0. The van der Waals surface area contributed by atoms with E-state index in [4.69, 9.17) is 4.42 Å². The summed E-state index contributed by atoms with van der Waals surface area (Å²) in [5.74, 6) is -0.754. The van der Waals surface area contributed by atoms with Crippen molar-refractivity contribution in [1.29, 1.82) is 0 Å². The zero-order valence-electron chi connectivity index (χ0n) is 20.9. The predicted octanol–water partition coefficient (Wildman–Crippen LogP) is 6.71. The minimum Gasteiger partial charge on any atom is -0.451 e. The number of nitrogens with zero attached hydrogens (tertiary/aromatic N) is 1. The molecule has 1 unspecified atom stereocenters. The van der Waals surface area contributed by atoms with E-state index in [0.29, 0.717) is 17.0 Å². The van der Waals surface area contributed by atoms with Gasteiger partial charge in [-0.3, -0.25) is 9.59 Å². The molecular formula is C32H21FN4O3. The minimum atomic E-state index is -0.553.